The van der Waals surface area contributed by atoms with Crippen molar-refractivity contribution >= 4 is 11.6 Å². The van der Waals surface area contributed by atoms with Crippen LogP contribution in [0.1, 0.15) is 43.0 Å². The highest BCUT2D eigenvalue weighted by molar-refractivity contribution is 6.21. The van der Waals surface area contributed by atoms with Gasteiger partial charge in [0.2, 0.25) is 0 Å². The van der Waals surface area contributed by atoms with Gasteiger partial charge in [0.1, 0.15) is 11.6 Å². The molecule has 0 aromatic heterocycles. The molecular formula is C13H15ClF2. The minimum absolute atomic E-state index is 0.284. The average molecular weight is 245 g/mol. The van der Waals surface area contributed by atoms with Gasteiger partial charge in [-0.25, -0.2) is 8.78 Å². The molecule has 1 unspecified atom stereocenters. The topological polar surface area (TPSA) is 0 Å². The molecule has 0 spiro atoms. The molecule has 0 bridgehead atoms. The molecule has 1 aliphatic carbocycles. The lowest BCUT2D eigenvalue weighted by Crippen LogP contribution is -2.13. The Hall–Kier alpha value is -0.630. The zero-order chi connectivity index (χ0) is 11.5. The third-order valence-electron chi connectivity index (χ3n) is 3.32. The Balaban J connectivity index is 2.18. The van der Waals surface area contributed by atoms with E-state index < -0.39 is 17.0 Å². The second-order valence-corrected chi connectivity index (χ2v) is 4.94. The van der Waals surface area contributed by atoms with E-state index in [9.17, 15) is 8.78 Å². The summed E-state index contributed by atoms with van der Waals surface area (Å²) in [5, 5.41) is -0.393. The molecule has 2 rings (SSSR count). The van der Waals surface area contributed by atoms with Crippen LogP contribution in [0.15, 0.2) is 18.2 Å². The summed E-state index contributed by atoms with van der Waals surface area (Å²) in [6.45, 7) is 0. The van der Waals surface area contributed by atoms with Crippen LogP contribution in [0.2, 0.25) is 0 Å². The van der Waals surface area contributed by atoms with E-state index in [1.54, 1.807) is 0 Å². The van der Waals surface area contributed by atoms with Crippen molar-refractivity contribution in [1.82, 2.24) is 0 Å². The summed E-state index contributed by atoms with van der Waals surface area (Å²) in [7, 11) is 0. The molecule has 1 saturated carbocycles. The van der Waals surface area contributed by atoms with E-state index in [-0.39, 0.29) is 5.92 Å². The second-order valence-electron chi connectivity index (χ2n) is 4.47. The van der Waals surface area contributed by atoms with Gasteiger partial charge in [0, 0.05) is 5.56 Å². The SMILES string of the molecule is Fc1ccc(F)c(C(Cl)C2CCCCC2)c1. The Morgan fingerprint density at radius 1 is 1.12 bits per heavy atom. The van der Waals surface area contributed by atoms with Gasteiger partial charge < -0.3 is 0 Å². The van der Waals surface area contributed by atoms with E-state index in [4.69, 9.17) is 11.6 Å². The van der Waals surface area contributed by atoms with Crippen molar-refractivity contribution in [1.29, 1.82) is 0 Å². The van der Waals surface area contributed by atoms with Crippen LogP contribution in [0.4, 0.5) is 8.78 Å². The predicted molar refractivity (Wildman–Crippen MR) is 61.5 cm³/mol. The first-order valence-electron chi connectivity index (χ1n) is 5.77. The van der Waals surface area contributed by atoms with Gasteiger partial charge in [-0.15, -0.1) is 11.6 Å². The van der Waals surface area contributed by atoms with E-state index in [1.165, 1.54) is 12.5 Å². The smallest absolute Gasteiger partial charge is 0.128 e. The monoisotopic (exact) mass is 244 g/mol. The number of halogens is 3. The minimum Gasteiger partial charge on any atom is -0.207 e. The largest absolute Gasteiger partial charge is 0.207 e. The highest BCUT2D eigenvalue weighted by Crippen LogP contribution is 2.39. The standard InChI is InChI=1S/C13H15ClF2/c14-13(9-4-2-1-3-5-9)11-8-10(15)6-7-12(11)16/h6-9,13H,1-5H2. The summed E-state index contributed by atoms with van der Waals surface area (Å²) in [6.07, 6.45) is 5.55. The first kappa shape index (κ1) is 11.8. The fraction of sp³-hybridized carbons (Fsp3) is 0.538. The van der Waals surface area contributed by atoms with Gasteiger partial charge in [-0.1, -0.05) is 19.3 Å². The summed E-state index contributed by atoms with van der Waals surface area (Å²) in [5.74, 6) is -0.531. The molecule has 0 radical (unpaired) electrons. The first-order chi connectivity index (χ1) is 7.68. The van der Waals surface area contributed by atoms with Crippen LogP contribution in [0.5, 0.6) is 0 Å². The van der Waals surface area contributed by atoms with E-state index in [0.717, 1.165) is 37.8 Å². The van der Waals surface area contributed by atoms with Crippen molar-refractivity contribution in [3.05, 3.63) is 35.4 Å². The van der Waals surface area contributed by atoms with Crippen molar-refractivity contribution in [2.45, 2.75) is 37.5 Å². The van der Waals surface area contributed by atoms with E-state index >= 15 is 0 Å². The molecule has 1 atom stereocenters. The molecule has 1 aliphatic rings. The summed E-state index contributed by atoms with van der Waals surface area (Å²) < 4.78 is 26.6. The van der Waals surface area contributed by atoms with Crippen LogP contribution in [0.25, 0.3) is 0 Å². The quantitative estimate of drug-likeness (QED) is 0.654. The third-order valence-corrected chi connectivity index (χ3v) is 3.91. The molecular weight excluding hydrogens is 230 g/mol. The first-order valence-corrected chi connectivity index (χ1v) is 6.21. The fourth-order valence-corrected chi connectivity index (χ4v) is 2.83. The second kappa shape index (κ2) is 5.13. The van der Waals surface area contributed by atoms with Crippen LogP contribution >= 0.6 is 11.6 Å². The Bertz CT molecular complexity index is 359. The van der Waals surface area contributed by atoms with Crippen molar-refractivity contribution in [2.75, 3.05) is 0 Å². The van der Waals surface area contributed by atoms with Crippen molar-refractivity contribution in [3.63, 3.8) is 0 Å². The summed E-state index contributed by atoms with van der Waals surface area (Å²) in [5.41, 5.74) is 0.313. The van der Waals surface area contributed by atoms with Gasteiger partial charge in [-0.05, 0) is 37.0 Å². The van der Waals surface area contributed by atoms with Gasteiger partial charge in [-0.2, -0.15) is 0 Å². The lowest BCUT2D eigenvalue weighted by atomic mass is 9.84. The van der Waals surface area contributed by atoms with Gasteiger partial charge >= 0.3 is 0 Å². The highest BCUT2D eigenvalue weighted by atomic mass is 35.5. The van der Waals surface area contributed by atoms with E-state index in [0.29, 0.717) is 5.56 Å². The Morgan fingerprint density at radius 2 is 1.81 bits per heavy atom. The van der Waals surface area contributed by atoms with Gasteiger partial charge in [0.25, 0.3) is 0 Å². The Morgan fingerprint density at radius 3 is 2.50 bits per heavy atom. The van der Waals surface area contributed by atoms with E-state index in [2.05, 4.69) is 0 Å². The normalized spacial score (nSPS) is 19.7. The number of hydrogen-bond acceptors (Lipinski definition) is 0. The molecule has 0 aliphatic heterocycles. The molecule has 88 valence electrons. The predicted octanol–water partition coefficient (Wildman–Crippen LogP) is 4.83. The Labute approximate surface area is 99.6 Å². The molecule has 0 nitrogen and oxygen atoms in total. The molecule has 16 heavy (non-hydrogen) atoms. The van der Waals surface area contributed by atoms with Gasteiger partial charge in [0.05, 0.1) is 5.38 Å². The van der Waals surface area contributed by atoms with Crippen LogP contribution in [0.3, 0.4) is 0 Å². The van der Waals surface area contributed by atoms with Crippen LogP contribution in [-0.4, -0.2) is 0 Å². The maximum atomic E-state index is 13.5. The minimum atomic E-state index is -0.419. The summed E-state index contributed by atoms with van der Waals surface area (Å²) in [4.78, 5) is 0. The molecule has 0 N–H and O–H groups in total. The maximum Gasteiger partial charge on any atom is 0.128 e. The van der Waals surface area contributed by atoms with Crippen molar-refractivity contribution < 1.29 is 8.78 Å². The van der Waals surface area contributed by atoms with E-state index in [1.807, 2.05) is 0 Å². The van der Waals surface area contributed by atoms with Crippen molar-refractivity contribution in [3.8, 4) is 0 Å². The zero-order valence-electron chi connectivity index (χ0n) is 9.06. The van der Waals surface area contributed by atoms with Crippen LogP contribution in [-0.2, 0) is 0 Å². The number of rotatable bonds is 2. The number of alkyl halides is 1. The fourth-order valence-electron chi connectivity index (χ4n) is 2.41. The van der Waals surface area contributed by atoms with Gasteiger partial charge in [0.15, 0.2) is 0 Å². The molecule has 3 heteroatoms. The summed E-state index contributed by atoms with van der Waals surface area (Å²) >= 11 is 6.26. The Kier molecular flexibility index (Phi) is 3.80. The molecule has 1 aromatic carbocycles. The van der Waals surface area contributed by atoms with Crippen LogP contribution in [0, 0.1) is 17.6 Å². The highest BCUT2D eigenvalue weighted by Gasteiger charge is 2.25. The lowest BCUT2D eigenvalue weighted by Gasteiger charge is -2.26. The lowest BCUT2D eigenvalue weighted by molar-refractivity contribution is 0.344. The molecule has 1 fully saturated rings. The van der Waals surface area contributed by atoms with Crippen LogP contribution < -0.4 is 0 Å². The molecule has 0 saturated heterocycles. The molecule has 0 heterocycles. The summed E-state index contributed by atoms with van der Waals surface area (Å²) in [6, 6.07) is 3.51. The van der Waals surface area contributed by atoms with Gasteiger partial charge in [-0.3, -0.25) is 0 Å². The third kappa shape index (κ3) is 2.54. The number of hydrogen-bond donors (Lipinski definition) is 0. The average Bonchev–Trinajstić information content (AvgIpc) is 2.32. The molecule has 1 aromatic rings. The maximum absolute atomic E-state index is 13.5. The van der Waals surface area contributed by atoms with Crippen molar-refractivity contribution in [2.24, 2.45) is 5.92 Å². The number of benzene rings is 1. The molecule has 0 amide bonds. The zero-order valence-corrected chi connectivity index (χ0v) is 9.81.